The van der Waals surface area contributed by atoms with E-state index in [-0.39, 0.29) is 10.8 Å². The number of nitrogens with one attached hydrogen (secondary N) is 1. The van der Waals surface area contributed by atoms with E-state index in [0.29, 0.717) is 16.3 Å². The minimum Gasteiger partial charge on any atom is -0.358 e. The average Bonchev–Trinajstić information content (AvgIpc) is 2.93. The molecule has 0 saturated heterocycles. The lowest BCUT2D eigenvalue weighted by Gasteiger charge is -2.22. The maximum atomic E-state index is 12.8. The molecule has 0 fully saturated rings. The van der Waals surface area contributed by atoms with Gasteiger partial charge >= 0.3 is 0 Å². The summed E-state index contributed by atoms with van der Waals surface area (Å²) in [6, 6.07) is 7.53. The van der Waals surface area contributed by atoms with Gasteiger partial charge in [-0.25, -0.2) is 0 Å². The van der Waals surface area contributed by atoms with Gasteiger partial charge in [-0.1, -0.05) is 38.4 Å². The normalized spacial score (nSPS) is 11.8. The van der Waals surface area contributed by atoms with Crippen LogP contribution in [-0.2, 0) is 12.5 Å². The third-order valence-electron chi connectivity index (χ3n) is 4.60. The molecular formula is C21H24ClN3O. The SMILES string of the molecule is Cc1cc(C(C)(C)C)c(Cl)cc1-c1cc(=O)c(-c2ccn(C)n2)c(C)[nH]1. The van der Waals surface area contributed by atoms with Gasteiger partial charge in [0.1, 0.15) is 0 Å². The molecule has 2 heterocycles. The van der Waals surface area contributed by atoms with Crippen molar-refractivity contribution in [3.8, 4) is 22.5 Å². The topological polar surface area (TPSA) is 50.7 Å². The summed E-state index contributed by atoms with van der Waals surface area (Å²) in [5, 5.41) is 5.06. The standard InChI is InChI=1S/C21H24ClN3O/c1-12-9-15(21(3,4)5)16(22)10-14(12)18-11-19(26)20(13(2)23-18)17-7-8-25(6)24-17/h7-11H,1-6H3,(H,23,26). The molecule has 2 aromatic heterocycles. The number of hydrogen-bond donors (Lipinski definition) is 1. The van der Waals surface area contributed by atoms with Crippen LogP contribution < -0.4 is 5.43 Å². The van der Waals surface area contributed by atoms with Gasteiger partial charge in [0.05, 0.1) is 11.3 Å². The minimum absolute atomic E-state index is 0.0352. The predicted octanol–water partition coefficient (Wildman–Crippen LogP) is 5.01. The molecule has 4 nitrogen and oxygen atoms in total. The van der Waals surface area contributed by atoms with Crippen LogP contribution in [0.15, 0.2) is 35.3 Å². The van der Waals surface area contributed by atoms with E-state index < -0.39 is 0 Å². The smallest absolute Gasteiger partial charge is 0.191 e. The monoisotopic (exact) mass is 369 g/mol. The molecule has 0 radical (unpaired) electrons. The van der Waals surface area contributed by atoms with Crippen LogP contribution in [0.5, 0.6) is 0 Å². The Kier molecular flexibility index (Phi) is 4.57. The molecule has 0 aliphatic carbocycles. The van der Waals surface area contributed by atoms with Crippen LogP contribution in [0.4, 0.5) is 0 Å². The van der Waals surface area contributed by atoms with Gasteiger partial charge in [0, 0.05) is 41.3 Å². The summed E-state index contributed by atoms with van der Waals surface area (Å²) in [4.78, 5) is 16.1. The Morgan fingerprint density at radius 2 is 1.85 bits per heavy atom. The van der Waals surface area contributed by atoms with Crippen molar-refractivity contribution < 1.29 is 0 Å². The van der Waals surface area contributed by atoms with Crippen molar-refractivity contribution in [3.63, 3.8) is 0 Å². The number of nitrogens with zero attached hydrogens (tertiary/aromatic N) is 2. The lowest BCUT2D eigenvalue weighted by atomic mass is 9.85. The van der Waals surface area contributed by atoms with Gasteiger partial charge in [0.15, 0.2) is 5.43 Å². The fourth-order valence-electron chi connectivity index (χ4n) is 3.25. The first-order chi connectivity index (χ1) is 12.1. The third-order valence-corrected chi connectivity index (χ3v) is 4.91. The van der Waals surface area contributed by atoms with Crippen LogP contribution in [0.25, 0.3) is 22.5 Å². The number of hydrogen-bond acceptors (Lipinski definition) is 2. The summed E-state index contributed by atoms with van der Waals surface area (Å²) in [6.45, 7) is 10.4. The fraction of sp³-hybridized carbons (Fsp3) is 0.333. The quantitative estimate of drug-likeness (QED) is 0.690. The van der Waals surface area contributed by atoms with E-state index >= 15 is 0 Å². The minimum atomic E-state index is -0.0506. The number of benzene rings is 1. The molecule has 26 heavy (non-hydrogen) atoms. The van der Waals surface area contributed by atoms with Gasteiger partial charge in [-0.15, -0.1) is 0 Å². The number of aryl methyl sites for hydroxylation is 3. The molecule has 136 valence electrons. The second kappa shape index (κ2) is 6.44. The number of H-pyrrole nitrogens is 1. The molecule has 0 unspecified atom stereocenters. The van der Waals surface area contributed by atoms with Crippen LogP contribution >= 0.6 is 11.6 Å². The summed E-state index contributed by atoms with van der Waals surface area (Å²) in [5.74, 6) is 0. The zero-order chi connectivity index (χ0) is 19.2. The lowest BCUT2D eigenvalue weighted by molar-refractivity contribution is 0.590. The van der Waals surface area contributed by atoms with Gasteiger partial charge in [-0.2, -0.15) is 5.10 Å². The summed E-state index contributed by atoms with van der Waals surface area (Å²) in [7, 11) is 1.84. The van der Waals surface area contributed by atoms with E-state index in [1.54, 1.807) is 10.7 Å². The van der Waals surface area contributed by atoms with Gasteiger partial charge in [-0.05, 0) is 42.5 Å². The predicted molar refractivity (Wildman–Crippen MR) is 108 cm³/mol. The Hall–Kier alpha value is -2.33. The van der Waals surface area contributed by atoms with E-state index in [2.05, 4.69) is 36.9 Å². The highest BCUT2D eigenvalue weighted by atomic mass is 35.5. The maximum absolute atomic E-state index is 12.8. The number of pyridine rings is 1. The van der Waals surface area contributed by atoms with Crippen molar-refractivity contribution >= 4 is 11.6 Å². The summed E-state index contributed by atoms with van der Waals surface area (Å²) in [5.41, 5.74) is 5.88. The first kappa shape index (κ1) is 18.5. The highest BCUT2D eigenvalue weighted by Crippen LogP contribution is 2.35. The second-order valence-electron chi connectivity index (χ2n) is 7.82. The number of aromatic nitrogens is 3. The fourth-order valence-corrected chi connectivity index (χ4v) is 3.69. The Morgan fingerprint density at radius 3 is 2.38 bits per heavy atom. The molecule has 0 aliphatic rings. The van der Waals surface area contributed by atoms with Gasteiger partial charge < -0.3 is 4.98 Å². The van der Waals surface area contributed by atoms with Crippen molar-refractivity contribution in [2.24, 2.45) is 7.05 Å². The molecular weight excluding hydrogens is 346 g/mol. The Morgan fingerprint density at radius 1 is 1.15 bits per heavy atom. The largest absolute Gasteiger partial charge is 0.358 e. The Balaban J connectivity index is 2.15. The van der Waals surface area contributed by atoms with Crippen molar-refractivity contribution in [1.29, 1.82) is 0 Å². The highest BCUT2D eigenvalue weighted by Gasteiger charge is 2.20. The van der Waals surface area contributed by atoms with E-state index in [9.17, 15) is 4.79 Å². The zero-order valence-electron chi connectivity index (χ0n) is 16.1. The van der Waals surface area contributed by atoms with E-state index in [4.69, 9.17) is 11.6 Å². The van der Waals surface area contributed by atoms with E-state index in [1.807, 2.05) is 39.2 Å². The Bertz CT molecular complexity index is 1040. The summed E-state index contributed by atoms with van der Waals surface area (Å²) < 4.78 is 1.69. The first-order valence-corrected chi connectivity index (χ1v) is 9.00. The zero-order valence-corrected chi connectivity index (χ0v) is 16.8. The third kappa shape index (κ3) is 3.34. The molecule has 0 spiro atoms. The molecule has 0 saturated carbocycles. The van der Waals surface area contributed by atoms with Crippen LogP contribution in [0, 0.1) is 13.8 Å². The maximum Gasteiger partial charge on any atom is 0.191 e. The van der Waals surface area contributed by atoms with Gasteiger partial charge in [0.2, 0.25) is 0 Å². The molecule has 0 aliphatic heterocycles. The van der Waals surface area contributed by atoms with Crippen LogP contribution in [0.1, 0.15) is 37.6 Å². The average molecular weight is 370 g/mol. The number of rotatable bonds is 2. The van der Waals surface area contributed by atoms with Gasteiger partial charge in [-0.3, -0.25) is 9.48 Å². The highest BCUT2D eigenvalue weighted by molar-refractivity contribution is 6.31. The molecule has 1 aromatic carbocycles. The van der Waals surface area contributed by atoms with Crippen molar-refractivity contribution in [3.05, 3.63) is 62.5 Å². The lowest BCUT2D eigenvalue weighted by Crippen LogP contribution is -2.13. The van der Waals surface area contributed by atoms with Crippen molar-refractivity contribution in [1.82, 2.24) is 14.8 Å². The summed E-state index contributed by atoms with van der Waals surface area (Å²) in [6.07, 6.45) is 1.83. The van der Waals surface area contributed by atoms with E-state index in [0.717, 1.165) is 28.1 Å². The molecule has 5 heteroatoms. The molecule has 3 aromatic rings. The van der Waals surface area contributed by atoms with E-state index in [1.165, 1.54) is 0 Å². The summed E-state index contributed by atoms with van der Waals surface area (Å²) >= 11 is 6.54. The molecule has 3 rings (SSSR count). The van der Waals surface area contributed by atoms with Crippen LogP contribution in [-0.4, -0.2) is 14.8 Å². The van der Waals surface area contributed by atoms with Crippen LogP contribution in [0.2, 0.25) is 5.02 Å². The Labute approximate surface area is 158 Å². The molecule has 1 N–H and O–H groups in total. The first-order valence-electron chi connectivity index (χ1n) is 8.63. The molecule has 0 atom stereocenters. The second-order valence-corrected chi connectivity index (χ2v) is 8.23. The number of halogens is 1. The van der Waals surface area contributed by atoms with Crippen molar-refractivity contribution in [2.75, 3.05) is 0 Å². The number of aromatic amines is 1. The van der Waals surface area contributed by atoms with Gasteiger partial charge in [0.25, 0.3) is 0 Å². The van der Waals surface area contributed by atoms with Crippen molar-refractivity contribution in [2.45, 2.75) is 40.0 Å². The molecule has 0 bridgehead atoms. The molecule has 0 amide bonds. The van der Waals surface area contributed by atoms with Crippen LogP contribution in [0.3, 0.4) is 0 Å².